The van der Waals surface area contributed by atoms with Crippen LogP contribution in [-0.2, 0) is 9.47 Å². The Bertz CT molecular complexity index is 633. The maximum Gasteiger partial charge on any atom is 0.350 e. The van der Waals surface area contributed by atoms with Gasteiger partial charge in [0.1, 0.15) is 16.5 Å². The van der Waals surface area contributed by atoms with E-state index in [1.807, 2.05) is 37.3 Å². The van der Waals surface area contributed by atoms with E-state index in [4.69, 9.17) is 9.47 Å². The molecule has 0 bridgehead atoms. The molecule has 1 aromatic carbocycles. The maximum atomic E-state index is 12.2. The van der Waals surface area contributed by atoms with Crippen molar-refractivity contribution in [2.45, 2.75) is 32.3 Å². The molecule has 2 heterocycles. The molecule has 0 amide bonds. The van der Waals surface area contributed by atoms with E-state index in [0.717, 1.165) is 42.1 Å². The summed E-state index contributed by atoms with van der Waals surface area (Å²) in [5.41, 5.74) is 1.74. The molecule has 5 heteroatoms. The lowest BCUT2D eigenvalue weighted by Crippen LogP contribution is -2.25. The van der Waals surface area contributed by atoms with Gasteiger partial charge >= 0.3 is 5.97 Å². The maximum absolute atomic E-state index is 12.2. The van der Waals surface area contributed by atoms with Gasteiger partial charge in [0.2, 0.25) is 0 Å². The molecule has 3 rings (SSSR count). The molecule has 0 radical (unpaired) electrons. The van der Waals surface area contributed by atoms with Gasteiger partial charge in [-0.3, -0.25) is 0 Å². The second kappa shape index (κ2) is 7.03. The third-order valence-electron chi connectivity index (χ3n) is 3.68. The van der Waals surface area contributed by atoms with Gasteiger partial charge in [0.05, 0.1) is 11.8 Å². The number of thiazole rings is 1. The zero-order valence-electron chi connectivity index (χ0n) is 12.6. The number of hydrogen-bond acceptors (Lipinski definition) is 5. The smallest absolute Gasteiger partial charge is 0.350 e. The molecule has 0 saturated carbocycles. The van der Waals surface area contributed by atoms with Gasteiger partial charge in [-0.25, -0.2) is 9.78 Å². The summed E-state index contributed by atoms with van der Waals surface area (Å²) in [5, 5.41) is 0.846. The Morgan fingerprint density at radius 1 is 1.36 bits per heavy atom. The molecule has 1 fully saturated rings. The van der Waals surface area contributed by atoms with Gasteiger partial charge in [-0.2, -0.15) is 0 Å². The molecular formula is C17H19NO3S. The first kappa shape index (κ1) is 15.2. The lowest BCUT2D eigenvalue weighted by molar-refractivity contribution is -0.0298. The van der Waals surface area contributed by atoms with Crippen molar-refractivity contribution in [3.05, 3.63) is 40.9 Å². The number of nitrogens with zero attached hydrogens (tertiary/aromatic N) is 1. The first-order valence-corrected chi connectivity index (χ1v) is 8.37. The van der Waals surface area contributed by atoms with Gasteiger partial charge < -0.3 is 9.47 Å². The minimum atomic E-state index is -0.300. The molecule has 0 spiro atoms. The van der Waals surface area contributed by atoms with Gasteiger partial charge in [-0.15, -0.1) is 11.3 Å². The molecule has 116 valence electrons. The number of benzene rings is 1. The molecule has 1 aromatic heterocycles. The number of aromatic nitrogens is 1. The van der Waals surface area contributed by atoms with Crippen molar-refractivity contribution in [3.8, 4) is 10.6 Å². The zero-order chi connectivity index (χ0) is 15.4. The molecule has 0 N–H and O–H groups in total. The minimum absolute atomic E-state index is 0.0412. The van der Waals surface area contributed by atoms with Gasteiger partial charge in [-0.05, 0) is 26.2 Å². The Hall–Kier alpha value is -1.72. The average Bonchev–Trinajstić information content (AvgIpc) is 2.96. The van der Waals surface area contributed by atoms with E-state index in [0.29, 0.717) is 11.5 Å². The Balaban J connectivity index is 1.66. The van der Waals surface area contributed by atoms with Crippen LogP contribution in [0.1, 0.15) is 34.6 Å². The summed E-state index contributed by atoms with van der Waals surface area (Å²) in [7, 11) is 0. The normalized spacial score (nSPS) is 18.1. The van der Waals surface area contributed by atoms with Crippen molar-refractivity contribution in [1.82, 2.24) is 4.98 Å². The Morgan fingerprint density at radius 2 is 2.18 bits per heavy atom. The second-order valence-corrected chi connectivity index (χ2v) is 6.39. The number of carbonyl (C=O) groups excluding carboxylic acids is 1. The fourth-order valence-corrected chi connectivity index (χ4v) is 3.43. The van der Waals surface area contributed by atoms with Crippen LogP contribution < -0.4 is 0 Å². The lowest BCUT2D eigenvalue weighted by Gasteiger charge is -2.21. The monoisotopic (exact) mass is 317 g/mol. The molecule has 0 aliphatic carbocycles. The summed E-state index contributed by atoms with van der Waals surface area (Å²) in [4.78, 5) is 17.3. The van der Waals surface area contributed by atoms with Gasteiger partial charge in [-0.1, -0.05) is 30.3 Å². The summed E-state index contributed by atoms with van der Waals surface area (Å²) in [6.45, 7) is 2.94. The van der Waals surface area contributed by atoms with Crippen LogP contribution in [0.3, 0.4) is 0 Å². The third-order valence-corrected chi connectivity index (χ3v) is 4.86. The highest BCUT2D eigenvalue weighted by molar-refractivity contribution is 7.17. The first-order valence-electron chi connectivity index (χ1n) is 7.55. The summed E-state index contributed by atoms with van der Waals surface area (Å²) in [6, 6.07) is 9.87. The molecule has 22 heavy (non-hydrogen) atoms. The van der Waals surface area contributed by atoms with Crippen molar-refractivity contribution in [2.24, 2.45) is 0 Å². The average molecular weight is 317 g/mol. The standard InChI is InChI=1S/C17H19NO3S/c1-12-15(17(19)21-11-14-9-5-6-10-20-14)22-16(18-12)13-7-3-2-4-8-13/h2-4,7-8,14H,5-6,9-11H2,1H3. The van der Waals surface area contributed by atoms with E-state index < -0.39 is 0 Å². The van der Waals surface area contributed by atoms with Crippen LogP contribution in [-0.4, -0.2) is 30.3 Å². The van der Waals surface area contributed by atoms with Crippen molar-refractivity contribution in [3.63, 3.8) is 0 Å². The van der Waals surface area contributed by atoms with E-state index in [2.05, 4.69) is 4.98 Å². The van der Waals surface area contributed by atoms with Crippen LogP contribution in [0.25, 0.3) is 10.6 Å². The highest BCUT2D eigenvalue weighted by atomic mass is 32.1. The highest BCUT2D eigenvalue weighted by Gasteiger charge is 2.20. The topological polar surface area (TPSA) is 48.4 Å². The second-order valence-electron chi connectivity index (χ2n) is 5.39. The quantitative estimate of drug-likeness (QED) is 0.804. The summed E-state index contributed by atoms with van der Waals surface area (Å²) < 4.78 is 11.0. The largest absolute Gasteiger partial charge is 0.459 e. The predicted octanol–water partition coefficient (Wildman–Crippen LogP) is 3.84. The van der Waals surface area contributed by atoms with Crippen molar-refractivity contribution < 1.29 is 14.3 Å². The summed E-state index contributed by atoms with van der Waals surface area (Å²) in [6.07, 6.45) is 3.24. The molecule has 1 aliphatic heterocycles. The molecule has 1 aliphatic rings. The number of hydrogen-bond donors (Lipinski definition) is 0. The van der Waals surface area contributed by atoms with Crippen LogP contribution in [0.4, 0.5) is 0 Å². The number of rotatable bonds is 4. The number of ether oxygens (including phenoxy) is 2. The molecular weight excluding hydrogens is 298 g/mol. The molecule has 1 atom stereocenters. The Labute approximate surface area is 134 Å². The Kier molecular flexibility index (Phi) is 4.85. The molecule has 2 aromatic rings. The number of esters is 1. The van der Waals surface area contributed by atoms with E-state index in [1.54, 1.807) is 0 Å². The minimum Gasteiger partial charge on any atom is -0.459 e. The first-order chi connectivity index (χ1) is 10.7. The third kappa shape index (κ3) is 3.54. The fraction of sp³-hybridized carbons (Fsp3) is 0.412. The molecule has 4 nitrogen and oxygen atoms in total. The van der Waals surface area contributed by atoms with Crippen LogP contribution in [0.5, 0.6) is 0 Å². The van der Waals surface area contributed by atoms with Crippen molar-refractivity contribution in [2.75, 3.05) is 13.2 Å². The van der Waals surface area contributed by atoms with Gasteiger partial charge in [0.15, 0.2) is 0 Å². The van der Waals surface area contributed by atoms with E-state index >= 15 is 0 Å². The number of aryl methyl sites for hydroxylation is 1. The molecule has 1 saturated heterocycles. The zero-order valence-corrected chi connectivity index (χ0v) is 13.4. The lowest BCUT2D eigenvalue weighted by atomic mass is 10.1. The van der Waals surface area contributed by atoms with Crippen molar-refractivity contribution in [1.29, 1.82) is 0 Å². The number of carbonyl (C=O) groups is 1. The van der Waals surface area contributed by atoms with E-state index in [1.165, 1.54) is 11.3 Å². The van der Waals surface area contributed by atoms with Crippen LogP contribution in [0, 0.1) is 6.92 Å². The van der Waals surface area contributed by atoms with Gasteiger partial charge in [0, 0.05) is 12.2 Å². The predicted molar refractivity (Wildman–Crippen MR) is 86.2 cm³/mol. The van der Waals surface area contributed by atoms with Crippen LogP contribution in [0.15, 0.2) is 30.3 Å². The summed E-state index contributed by atoms with van der Waals surface area (Å²) in [5.74, 6) is -0.300. The molecule has 1 unspecified atom stereocenters. The van der Waals surface area contributed by atoms with E-state index in [9.17, 15) is 4.79 Å². The van der Waals surface area contributed by atoms with Crippen LogP contribution in [0.2, 0.25) is 0 Å². The Morgan fingerprint density at radius 3 is 2.91 bits per heavy atom. The fourth-order valence-electron chi connectivity index (χ4n) is 2.46. The highest BCUT2D eigenvalue weighted by Crippen LogP contribution is 2.28. The SMILES string of the molecule is Cc1nc(-c2ccccc2)sc1C(=O)OCC1CCCCO1. The van der Waals surface area contributed by atoms with Gasteiger partial charge in [0.25, 0.3) is 0 Å². The summed E-state index contributed by atoms with van der Waals surface area (Å²) >= 11 is 1.38. The van der Waals surface area contributed by atoms with E-state index in [-0.39, 0.29) is 12.1 Å². The van der Waals surface area contributed by atoms with Crippen molar-refractivity contribution >= 4 is 17.3 Å². The van der Waals surface area contributed by atoms with Crippen LogP contribution >= 0.6 is 11.3 Å².